The molecule has 1 heterocycles. The quantitative estimate of drug-likeness (QED) is 0.377. The summed E-state index contributed by atoms with van der Waals surface area (Å²) in [4.78, 5) is 40.0. The Balaban J connectivity index is 1.57. The fourth-order valence-electron chi connectivity index (χ4n) is 3.84. The molecule has 0 bridgehead atoms. The zero-order valence-corrected chi connectivity index (χ0v) is 20.4. The molecule has 2 aromatic carbocycles. The van der Waals surface area contributed by atoms with Crippen molar-refractivity contribution in [1.82, 2.24) is 15.1 Å². The molecule has 0 saturated carbocycles. The molecule has 1 fully saturated rings. The van der Waals surface area contributed by atoms with Gasteiger partial charge in [-0.05, 0) is 42.0 Å². The van der Waals surface area contributed by atoms with Crippen molar-refractivity contribution < 1.29 is 28.6 Å². The SMILES string of the molecule is CNC(=O)C(C(=O)CO)N(C)C(=O)c1ccc(C#Cc2ccc(CN3CC(OCCF)C3)cc2)cc1. The third-order valence-electron chi connectivity index (χ3n) is 5.86. The van der Waals surface area contributed by atoms with Gasteiger partial charge in [-0.25, -0.2) is 4.39 Å². The third-order valence-corrected chi connectivity index (χ3v) is 5.86. The van der Waals surface area contributed by atoms with Crippen LogP contribution in [0.3, 0.4) is 0 Å². The number of nitrogens with one attached hydrogen (secondary N) is 1. The Labute approximate surface area is 210 Å². The summed E-state index contributed by atoms with van der Waals surface area (Å²) in [5.41, 5.74) is 3.00. The van der Waals surface area contributed by atoms with Gasteiger partial charge in [0.15, 0.2) is 11.8 Å². The van der Waals surface area contributed by atoms with Gasteiger partial charge in [0.25, 0.3) is 5.91 Å². The summed E-state index contributed by atoms with van der Waals surface area (Å²) >= 11 is 0. The zero-order chi connectivity index (χ0) is 26.1. The van der Waals surface area contributed by atoms with Gasteiger partial charge in [0.05, 0.1) is 12.7 Å². The monoisotopic (exact) mass is 495 g/mol. The predicted octanol–water partition coefficient (Wildman–Crippen LogP) is 1.00. The number of rotatable bonds is 10. The van der Waals surface area contributed by atoms with E-state index in [0.717, 1.165) is 35.7 Å². The van der Waals surface area contributed by atoms with Crippen molar-refractivity contribution in [3.63, 3.8) is 0 Å². The largest absolute Gasteiger partial charge is 0.388 e. The molecule has 2 amide bonds. The molecule has 0 aliphatic carbocycles. The minimum atomic E-state index is -1.41. The second kappa shape index (κ2) is 12.9. The van der Waals surface area contributed by atoms with E-state index in [4.69, 9.17) is 9.84 Å². The van der Waals surface area contributed by atoms with Crippen LogP contribution in [0.2, 0.25) is 0 Å². The molecule has 2 aromatic rings. The van der Waals surface area contributed by atoms with Crippen molar-refractivity contribution in [2.75, 3.05) is 47.1 Å². The number of aliphatic hydroxyl groups is 1. The van der Waals surface area contributed by atoms with Crippen molar-refractivity contribution >= 4 is 17.6 Å². The highest BCUT2D eigenvalue weighted by Crippen LogP contribution is 2.16. The van der Waals surface area contributed by atoms with Gasteiger partial charge in [-0.3, -0.25) is 19.3 Å². The summed E-state index contributed by atoms with van der Waals surface area (Å²) < 4.78 is 17.5. The van der Waals surface area contributed by atoms with E-state index in [0.29, 0.717) is 5.56 Å². The van der Waals surface area contributed by atoms with Crippen LogP contribution < -0.4 is 5.32 Å². The predicted molar refractivity (Wildman–Crippen MR) is 132 cm³/mol. The van der Waals surface area contributed by atoms with E-state index in [1.165, 1.54) is 14.1 Å². The Morgan fingerprint density at radius 3 is 2.22 bits per heavy atom. The summed E-state index contributed by atoms with van der Waals surface area (Å²) in [7, 11) is 2.70. The molecule has 1 saturated heterocycles. The van der Waals surface area contributed by atoms with E-state index in [-0.39, 0.29) is 18.3 Å². The number of carbonyl (C=O) groups is 3. The van der Waals surface area contributed by atoms with Crippen molar-refractivity contribution in [2.24, 2.45) is 0 Å². The van der Waals surface area contributed by atoms with Crippen molar-refractivity contribution in [1.29, 1.82) is 0 Å². The number of halogens is 1. The second-order valence-electron chi connectivity index (χ2n) is 8.46. The first-order chi connectivity index (χ1) is 17.4. The number of alkyl halides is 1. The average Bonchev–Trinajstić information content (AvgIpc) is 2.88. The number of carbonyl (C=O) groups excluding carboxylic acids is 3. The number of nitrogens with zero attached hydrogens (tertiary/aromatic N) is 2. The third kappa shape index (κ3) is 6.98. The van der Waals surface area contributed by atoms with Gasteiger partial charge in [-0.2, -0.15) is 0 Å². The molecule has 2 N–H and O–H groups in total. The lowest BCUT2D eigenvalue weighted by Crippen LogP contribution is -2.52. The molecule has 36 heavy (non-hydrogen) atoms. The smallest absolute Gasteiger partial charge is 0.254 e. The molecule has 0 spiro atoms. The van der Waals surface area contributed by atoms with Crippen LogP contribution in [-0.4, -0.2) is 91.7 Å². The van der Waals surface area contributed by atoms with E-state index in [9.17, 15) is 18.8 Å². The van der Waals surface area contributed by atoms with Crippen LogP contribution in [0, 0.1) is 11.8 Å². The Morgan fingerprint density at radius 1 is 1.11 bits per heavy atom. The highest BCUT2D eigenvalue weighted by atomic mass is 19.1. The van der Waals surface area contributed by atoms with Gasteiger partial charge >= 0.3 is 0 Å². The number of hydrogen-bond donors (Lipinski definition) is 2. The molecule has 0 radical (unpaired) electrons. The van der Waals surface area contributed by atoms with E-state index in [1.54, 1.807) is 24.3 Å². The molecule has 1 atom stereocenters. The number of aliphatic hydroxyl groups excluding tert-OH is 1. The lowest BCUT2D eigenvalue weighted by Gasteiger charge is -2.38. The average molecular weight is 496 g/mol. The van der Waals surface area contributed by atoms with Gasteiger partial charge in [-0.15, -0.1) is 0 Å². The van der Waals surface area contributed by atoms with Crippen LogP contribution in [0.25, 0.3) is 0 Å². The lowest BCUT2D eigenvalue weighted by atomic mass is 10.1. The van der Waals surface area contributed by atoms with Gasteiger partial charge < -0.3 is 20.1 Å². The molecule has 8 nitrogen and oxygen atoms in total. The fourth-order valence-corrected chi connectivity index (χ4v) is 3.84. The molecule has 190 valence electrons. The molecular formula is C27H30FN3O5. The highest BCUT2D eigenvalue weighted by Gasteiger charge is 2.32. The fraction of sp³-hybridized carbons (Fsp3) is 0.370. The lowest BCUT2D eigenvalue weighted by molar-refractivity contribution is -0.135. The molecular weight excluding hydrogens is 465 g/mol. The maximum absolute atomic E-state index is 12.8. The van der Waals surface area contributed by atoms with Crippen LogP contribution in [0.4, 0.5) is 4.39 Å². The van der Waals surface area contributed by atoms with E-state index >= 15 is 0 Å². The second-order valence-corrected chi connectivity index (χ2v) is 8.46. The number of Topliss-reactive ketones (excluding diaryl/α,β-unsaturated/α-hetero) is 1. The number of likely N-dealkylation sites (tertiary alicyclic amines) is 1. The standard InChI is InChI=1S/C27H30FN3O5/c1-29-26(34)25(24(33)18-32)30(2)27(35)22-11-9-20(10-12-22)4-3-19-5-7-21(8-6-19)15-31-16-23(17-31)36-14-13-28/h5-12,23,25,32H,13-18H2,1-2H3,(H,29,34). The Hall–Kier alpha value is -3.58. The summed E-state index contributed by atoms with van der Waals surface area (Å²) in [6.07, 6.45) is 0.119. The Kier molecular flexibility index (Phi) is 9.70. The maximum Gasteiger partial charge on any atom is 0.254 e. The summed E-state index contributed by atoms with van der Waals surface area (Å²) in [5, 5.41) is 11.5. The van der Waals surface area contributed by atoms with Crippen molar-refractivity contribution in [3.8, 4) is 11.8 Å². The summed E-state index contributed by atoms with van der Waals surface area (Å²) in [6, 6.07) is 13.1. The van der Waals surface area contributed by atoms with E-state index in [2.05, 4.69) is 22.1 Å². The highest BCUT2D eigenvalue weighted by molar-refractivity contribution is 6.10. The first kappa shape index (κ1) is 27.0. The molecule has 3 rings (SSSR count). The Bertz CT molecular complexity index is 1100. The van der Waals surface area contributed by atoms with Crippen molar-refractivity contribution in [2.45, 2.75) is 18.7 Å². The van der Waals surface area contributed by atoms with Gasteiger partial charge in [0.2, 0.25) is 5.91 Å². The number of likely N-dealkylation sites (N-methyl/N-ethyl adjacent to an activating group) is 2. The minimum Gasteiger partial charge on any atom is -0.388 e. The number of hydrogen-bond acceptors (Lipinski definition) is 6. The molecule has 9 heteroatoms. The van der Waals surface area contributed by atoms with Crippen LogP contribution in [0.15, 0.2) is 48.5 Å². The zero-order valence-electron chi connectivity index (χ0n) is 20.4. The topological polar surface area (TPSA) is 99.2 Å². The van der Waals surface area contributed by atoms with Gasteiger partial charge in [0.1, 0.15) is 13.3 Å². The first-order valence-corrected chi connectivity index (χ1v) is 11.6. The summed E-state index contributed by atoms with van der Waals surface area (Å²) in [5.74, 6) is 4.19. The normalized spacial score (nSPS) is 14.2. The molecule has 1 unspecified atom stereocenters. The van der Waals surface area contributed by atoms with Crippen LogP contribution in [0.1, 0.15) is 27.0 Å². The van der Waals surface area contributed by atoms with Crippen LogP contribution in [0.5, 0.6) is 0 Å². The van der Waals surface area contributed by atoms with E-state index in [1.807, 2.05) is 24.3 Å². The first-order valence-electron chi connectivity index (χ1n) is 11.6. The van der Waals surface area contributed by atoms with Crippen LogP contribution in [-0.2, 0) is 20.9 Å². The molecule has 1 aliphatic heterocycles. The minimum absolute atomic E-state index is 0.119. The molecule has 1 aliphatic rings. The summed E-state index contributed by atoms with van der Waals surface area (Å²) in [6.45, 7) is 1.27. The van der Waals surface area contributed by atoms with Gasteiger partial charge in [-0.1, -0.05) is 24.0 Å². The number of ketones is 1. The number of ether oxygens (including phenoxy) is 1. The van der Waals surface area contributed by atoms with Gasteiger partial charge in [0, 0.05) is 50.4 Å². The van der Waals surface area contributed by atoms with Crippen LogP contribution >= 0.6 is 0 Å². The number of benzene rings is 2. The number of amides is 2. The van der Waals surface area contributed by atoms with Crippen molar-refractivity contribution in [3.05, 3.63) is 70.8 Å². The molecule has 0 aromatic heterocycles. The maximum atomic E-state index is 12.8. The van der Waals surface area contributed by atoms with E-state index < -0.39 is 36.9 Å². The Morgan fingerprint density at radius 2 is 1.69 bits per heavy atom.